The Bertz CT molecular complexity index is 919. The number of aryl methyl sites for hydroxylation is 1. The second-order valence-electron chi connectivity index (χ2n) is 6.11. The maximum atomic E-state index is 13.1. The molecule has 0 spiro atoms. The number of fused-ring (bicyclic) bond motifs is 1. The Morgan fingerprint density at radius 2 is 1.72 bits per heavy atom. The SMILES string of the molecule is CN(c1ccc(O)cc1)S(=O)(=O)c1cc(C(=O)O)cc2c1CCCC2. The number of nitrogens with zero attached hydrogens (tertiary/aromatic N) is 1. The van der Waals surface area contributed by atoms with Crippen molar-refractivity contribution in [2.24, 2.45) is 0 Å². The minimum Gasteiger partial charge on any atom is -0.508 e. The Hall–Kier alpha value is -2.54. The van der Waals surface area contributed by atoms with E-state index in [1.807, 2.05) is 0 Å². The number of aromatic hydroxyl groups is 1. The summed E-state index contributed by atoms with van der Waals surface area (Å²) >= 11 is 0. The molecule has 0 bridgehead atoms. The molecule has 0 saturated carbocycles. The summed E-state index contributed by atoms with van der Waals surface area (Å²) < 4.78 is 27.4. The summed E-state index contributed by atoms with van der Waals surface area (Å²) in [5.74, 6) is -1.10. The summed E-state index contributed by atoms with van der Waals surface area (Å²) in [5.41, 5.74) is 1.88. The van der Waals surface area contributed by atoms with Crippen LogP contribution in [-0.4, -0.2) is 31.6 Å². The van der Waals surface area contributed by atoms with E-state index in [4.69, 9.17) is 0 Å². The number of carboxylic acid groups (broad SMARTS) is 1. The first-order valence-electron chi connectivity index (χ1n) is 7.98. The Morgan fingerprint density at radius 3 is 2.36 bits per heavy atom. The molecule has 25 heavy (non-hydrogen) atoms. The highest BCUT2D eigenvalue weighted by atomic mass is 32.2. The lowest BCUT2D eigenvalue weighted by atomic mass is 9.90. The molecule has 0 unspecified atom stereocenters. The number of rotatable bonds is 4. The third-order valence-electron chi connectivity index (χ3n) is 4.52. The third kappa shape index (κ3) is 3.19. The fourth-order valence-electron chi connectivity index (χ4n) is 3.13. The van der Waals surface area contributed by atoms with Crippen molar-refractivity contribution in [3.8, 4) is 5.75 Å². The molecule has 1 aliphatic carbocycles. The Kier molecular flexibility index (Phi) is 4.43. The van der Waals surface area contributed by atoms with Crippen LogP contribution in [0.2, 0.25) is 0 Å². The molecule has 1 aliphatic rings. The van der Waals surface area contributed by atoms with E-state index in [0.29, 0.717) is 24.1 Å². The molecule has 0 radical (unpaired) electrons. The number of aromatic carboxylic acids is 1. The summed E-state index contributed by atoms with van der Waals surface area (Å²) in [6.07, 6.45) is 3.10. The van der Waals surface area contributed by atoms with Crippen LogP contribution in [0, 0.1) is 0 Å². The monoisotopic (exact) mass is 361 g/mol. The van der Waals surface area contributed by atoms with Gasteiger partial charge in [-0.05, 0) is 73.2 Å². The van der Waals surface area contributed by atoms with E-state index in [0.717, 1.165) is 22.7 Å². The fourth-order valence-corrected chi connectivity index (χ4v) is 4.64. The fraction of sp³-hybridized carbons (Fsp3) is 0.278. The number of hydrogen-bond acceptors (Lipinski definition) is 4. The van der Waals surface area contributed by atoms with Crippen LogP contribution in [-0.2, 0) is 22.9 Å². The van der Waals surface area contributed by atoms with E-state index in [9.17, 15) is 23.4 Å². The van der Waals surface area contributed by atoms with E-state index in [1.54, 1.807) is 6.07 Å². The third-order valence-corrected chi connectivity index (χ3v) is 6.37. The highest BCUT2D eigenvalue weighted by Gasteiger charge is 2.28. The van der Waals surface area contributed by atoms with Crippen molar-refractivity contribution in [1.29, 1.82) is 0 Å². The predicted molar refractivity (Wildman–Crippen MR) is 93.7 cm³/mol. The molecular formula is C18H19NO5S. The number of anilines is 1. The maximum absolute atomic E-state index is 13.1. The first-order chi connectivity index (χ1) is 11.8. The van der Waals surface area contributed by atoms with Crippen LogP contribution in [0.25, 0.3) is 0 Å². The minimum absolute atomic E-state index is 0.0154. The van der Waals surface area contributed by atoms with Crippen molar-refractivity contribution in [2.75, 3.05) is 11.4 Å². The van der Waals surface area contributed by atoms with Crippen molar-refractivity contribution in [2.45, 2.75) is 30.6 Å². The first kappa shape index (κ1) is 17.3. The van der Waals surface area contributed by atoms with Crippen molar-refractivity contribution < 1.29 is 23.4 Å². The average Bonchev–Trinajstić information content (AvgIpc) is 2.60. The van der Waals surface area contributed by atoms with Gasteiger partial charge in [-0.2, -0.15) is 0 Å². The van der Waals surface area contributed by atoms with Crippen molar-refractivity contribution in [3.05, 3.63) is 53.1 Å². The van der Waals surface area contributed by atoms with Crippen LogP contribution < -0.4 is 4.31 Å². The molecule has 0 saturated heterocycles. The van der Waals surface area contributed by atoms with Gasteiger partial charge >= 0.3 is 5.97 Å². The number of phenols is 1. The van der Waals surface area contributed by atoms with Gasteiger partial charge in [-0.1, -0.05) is 0 Å². The second-order valence-corrected chi connectivity index (χ2v) is 8.05. The lowest BCUT2D eigenvalue weighted by Gasteiger charge is -2.25. The van der Waals surface area contributed by atoms with Gasteiger partial charge in [-0.15, -0.1) is 0 Å². The quantitative estimate of drug-likeness (QED) is 0.873. The largest absolute Gasteiger partial charge is 0.508 e. The number of benzene rings is 2. The number of carboxylic acids is 1. The van der Waals surface area contributed by atoms with E-state index in [2.05, 4.69) is 0 Å². The van der Waals surface area contributed by atoms with Gasteiger partial charge in [0.15, 0.2) is 0 Å². The number of carbonyl (C=O) groups is 1. The van der Waals surface area contributed by atoms with Crippen LogP contribution in [0.3, 0.4) is 0 Å². The normalized spacial score (nSPS) is 14.0. The van der Waals surface area contributed by atoms with E-state index in [-0.39, 0.29) is 16.2 Å². The van der Waals surface area contributed by atoms with E-state index >= 15 is 0 Å². The lowest BCUT2D eigenvalue weighted by molar-refractivity contribution is 0.0696. The topological polar surface area (TPSA) is 94.9 Å². The van der Waals surface area contributed by atoms with Crippen LogP contribution >= 0.6 is 0 Å². The molecule has 0 amide bonds. The van der Waals surface area contributed by atoms with Gasteiger partial charge in [0.05, 0.1) is 16.1 Å². The van der Waals surface area contributed by atoms with Crippen molar-refractivity contribution >= 4 is 21.7 Å². The van der Waals surface area contributed by atoms with E-state index in [1.165, 1.54) is 37.4 Å². The second kappa shape index (κ2) is 6.40. The van der Waals surface area contributed by atoms with Gasteiger partial charge in [-0.25, -0.2) is 13.2 Å². The minimum atomic E-state index is -3.91. The Morgan fingerprint density at radius 1 is 1.08 bits per heavy atom. The average molecular weight is 361 g/mol. The lowest BCUT2D eigenvalue weighted by Crippen LogP contribution is -2.28. The van der Waals surface area contributed by atoms with E-state index < -0.39 is 16.0 Å². The molecule has 0 aliphatic heterocycles. The zero-order chi connectivity index (χ0) is 18.2. The summed E-state index contributed by atoms with van der Waals surface area (Å²) in [6.45, 7) is 0. The predicted octanol–water partition coefficient (Wildman–Crippen LogP) is 2.79. The molecule has 7 heteroatoms. The molecule has 3 rings (SSSR count). The molecule has 132 valence electrons. The van der Waals surface area contributed by atoms with Crippen molar-refractivity contribution in [1.82, 2.24) is 0 Å². The van der Waals surface area contributed by atoms with Gasteiger partial charge in [0.2, 0.25) is 0 Å². The standard InChI is InChI=1S/C18H19NO5S/c1-19(14-6-8-15(20)9-7-14)25(23,24)17-11-13(18(21)22)10-12-4-2-3-5-16(12)17/h6-11,20H,2-5H2,1H3,(H,21,22). The summed E-state index contributed by atoms with van der Waals surface area (Å²) in [4.78, 5) is 11.5. The van der Waals surface area contributed by atoms with Gasteiger partial charge in [0.25, 0.3) is 10.0 Å². The molecule has 0 fully saturated rings. The Labute approximate surface area is 146 Å². The summed E-state index contributed by atoms with van der Waals surface area (Å²) in [5, 5.41) is 18.7. The highest BCUT2D eigenvalue weighted by molar-refractivity contribution is 7.92. The zero-order valence-electron chi connectivity index (χ0n) is 13.8. The summed E-state index contributed by atoms with van der Waals surface area (Å²) in [7, 11) is -2.49. The first-order valence-corrected chi connectivity index (χ1v) is 9.42. The maximum Gasteiger partial charge on any atom is 0.335 e. The van der Waals surface area contributed by atoms with Crippen LogP contribution in [0.15, 0.2) is 41.3 Å². The number of sulfonamides is 1. The van der Waals surface area contributed by atoms with Crippen LogP contribution in [0.1, 0.15) is 34.3 Å². The molecule has 6 nitrogen and oxygen atoms in total. The molecule has 2 N–H and O–H groups in total. The van der Waals surface area contributed by atoms with Gasteiger partial charge in [0, 0.05) is 7.05 Å². The molecule has 0 heterocycles. The smallest absolute Gasteiger partial charge is 0.335 e. The molecular weight excluding hydrogens is 342 g/mol. The highest BCUT2D eigenvalue weighted by Crippen LogP contribution is 2.32. The molecule has 0 atom stereocenters. The molecule has 0 aromatic heterocycles. The van der Waals surface area contributed by atoms with Crippen LogP contribution in [0.4, 0.5) is 5.69 Å². The van der Waals surface area contributed by atoms with Gasteiger partial charge < -0.3 is 10.2 Å². The van der Waals surface area contributed by atoms with Gasteiger partial charge in [0.1, 0.15) is 5.75 Å². The zero-order valence-corrected chi connectivity index (χ0v) is 14.6. The Balaban J connectivity index is 2.14. The number of hydrogen-bond donors (Lipinski definition) is 2. The summed E-state index contributed by atoms with van der Waals surface area (Å²) in [6, 6.07) is 8.64. The molecule has 2 aromatic carbocycles. The van der Waals surface area contributed by atoms with Gasteiger partial charge in [-0.3, -0.25) is 4.31 Å². The molecule has 2 aromatic rings. The van der Waals surface area contributed by atoms with Crippen LogP contribution in [0.5, 0.6) is 5.75 Å². The van der Waals surface area contributed by atoms with Crippen molar-refractivity contribution in [3.63, 3.8) is 0 Å². The number of phenolic OH excluding ortho intramolecular Hbond substituents is 1.